The van der Waals surface area contributed by atoms with Crippen LogP contribution in [0.25, 0.3) is 0 Å². The number of esters is 3. The van der Waals surface area contributed by atoms with Crippen molar-refractivity contribution < 1.29 is 33.4 Å². The van der Waals surface area contributed by atoms with Gasteiger partial charge in [0.25, 0.3) is 0 Å². The van der Waals surface area contributed by atoms with Crippen molar-refractivity contribution >= 4 is 23.7 Å². The van der Waals surface area contributed by atoms with Crippen LogP contribution in [0.5, 0.6) is 0 Å². The third-order valence-electron chi connectivity index (χ3n) is 3.21. The highest BCUT2D eigenvalue weighted by Crippen LogP contribution is 2.36. The average molecular weight is 312 g/mol. The summed E-state index contributed by atoms with van der Waals surface area (Å²) < 4.78 is 14.6. The molecule has 1 rings (SSSR count). The smallest absolute Gasteiger partial charge is 0.341 e. The molecule has 0 aromatic rings. The van der Waals surface area contributed by atoms with Crippen LogP contribution in [-0.4, -0.2) is 43.5 Å². The Bertz CT molecular complexity index is 486. The summed E-state index contributed by atoms with van der Waals surface area (Å²) in [6.07, 6.45) is 0.807. The Morgan fingerprint density at radius 1 is 1.00 bits per heavy atom. The molecule has 0 N–H and O–H groups in total. The van der Waals surface area contributed by atoms with E-state index in [9.17, 15) is 19.2 Å². The van der Waals surface area contributed by atoms with E-state index >= 15 is 0 Å². The topological polar surface area (TPSA) is 96.0 Å². The Kier molecular flexibility index (Phi) is 6.27. The van der Waals surface area contributed by atoms with Crippen LogP contribution in [0.15, 0.2) is 11.6 Å². The maximum Gasteiger partial charge on any atom is 0.341 e. The van der Waals surface area contributed by atoms with Crippen molar-refractivity contribution in [1.82, 2.24) is 0 Å². The summed E-state index contributed by atoms with van der Waals surface area (Å²) in [7, 11) is 0. The number of ketones is 1. The van der Waals surface area contributed by atoms with Crippen LogP contribution in [-0.2, 0) is 33.4 Å². The number of ether oxygens (including phenoxy) is 3. The lowest BCUT2D eigenvalue weighted by Crippen LogP contribution is -2.44. The predicted molar refractivity (Wildman–Crippen MR) is 74.7 cm³/mol. The number of carbonyl (C=O) groups excluding carboxylic acids is 4. The minimum absolute atomic E-state index is 0.0660. The summed E-state index contributed by atoms with van der Waals surface area (Å²) in [5, 5.41) is 0. The molecule has 0 spiro atoms. The summed E-state index contributed by atoms with van der Waals surface area (Å²) in [6, 6.07) is 0. The van der Waals surface area contributed by atoms with Gasteiger partial charge in [0.05, 0.1) is 19.8 Å². The first-order valence-electron chi connectivity index (χ1n) is 7.20. The van der Waals surface area contributed by atoms with E-state index in [-0.39, 0.29) is 38.2 Å². The van der Waals surface area contributed by atoms with Crippen LogP contribution in [0.1, 0.15) is 33.6 Å². The van der Waals surface area contributed by atoms with Crippen molar-refractivity contribution in [3.63, 3.8) is 0 Å². The maximum absolute atomic E-state index is 12.2. The van der Waals surface area contributed by atoms with Gasteiger partial charge in [-0.3, -0.25) is 14.4 Å². The van der Waals surface area contributed by atoms with Crippen molar-refractivity contribution in [2.45, 2.75) is 33.6 Å². The fraction of sp³-hybridized carbons (Fsp3) is 0.600. The molecule has 22 heavy (non-hydrogen) atoms. The number of Topliss-reactive ketones (excluding diaryl/α,β-unsaturated/α-hetero) is 1. The van der Waals surface area contributed by atoms with E-state index in [0.717, 1.165) is 6.08 Å². The Hall–Kier alpha value is -2.18. The second kappa shape index (κ2) is 7.72. The Labute approximate surface area is 128 Å². The molecule has 0 fully saturated rings. The second-order valence-corrected chi connectivity index (χ2v) is 4.61. The van der Waals surface area contributed by atoms with Crippen LogP contribution in [0.4, 0.5) is 0 Å². The van der Waals surface area contributed by atoms with E-state index in [1.165, 1.54) is 0 Å². The molecule has 7 nitrogen and oxygen atoms in total. The third kappa shape index (κ3) is 3.52. The van der Waals surface area contributed by atoms with Gasteiger partial charge >= 0.3 is 17.9 Å². The average Bonchev–Trinajstić information content (AvgIpc) is 2.48. The maximum atomic E-state index is 12.2. The molecule has 7 heteroatoms. The fourth-order valence-corrected chi connectivity index (χ4v) is 2.15. The first kappa shape index (κ1) is 17.9. The Morgan fingerprint density at radius 3 is 1.95 bits per heavy atom. The van der Waals surface area contributed by atoms with Crippen molar-refractivity contribution in [2.75, 3.05) is 19.8 Å². The van der Waals surface area contributed by atoms with Gasteiger partial charge in [0.1, 0.15) is 5.57 Å². The fourth-order valence-electron chi connectivity index (χ4n) is 2.15. The van der Waals surface area contributed by atoms with Gasteiger partial charge in [-0.2, -0.15) is 0 Å². The van der Waals surface area contributed by atoms with Gasteiger partial charge in [0.15, 0.2) is 11.2 Å². The van der Waals surface area contributed by atoms with Crippen LogP contribution >= 0.6 is 0 Å². The van der Waals surface area contributed by atoms with Crippen LogP contribution in [0.2, 0.25) is 0 Å². The van der Waals surface area contributed by atoms with Gasteiger partial charge in [-0.05, 0) is 33.3 Å². The van der Waals surface area contributed by atoms with E-state index in [2.05, 4.69) is 0 Å². The molecule has 0 heterocycles. The number of hydrogen-bond acceptors (Lipinski definition) is 7. The quantitative estimate of drug-likeness (QED) is 0.312. The number of rotatable bonds is 6. The van der Waals surface area contributed by atoms with Crippen molar-refractivity contribution in [1.29, 1.82) is 0 Å². The number of carbonyl (C=O) groups is 4. The van der Waals surface area contributed by atoms with E-state index in [4.69, 9.17) is 14.2 Å². The highest BCUT2D eigenvalue weighted by molar-refractivity contribution is 6.20. The SMILES string of the molecule is CCOC(=O)C1=CC(C(=O)OCC)(C(=O)OCC)CCC1=O. The van der Waals surface area contributed by atoms with E-state index in [1.807, 2.05) is 0 Å². The van der Waals surface area contributed by atoms with Gasteiger partial charge in [-0.1, -0.05) is 0 Å². The molecule has 0 bridgehead atoms. The molecular weight excluding hydrogens is 292 g/mol. The molecule has 0 aromatic heterocycles. The Balaban J connectivity index is 3.30. The van der Waals surface area contributed by atoms with Crippen molar-refractivity contribution in [3.05, 3.63) is 11.6 Å². The third-order valence-corrected chi connectivity index (χ3v) is 3.21. The molecule has 0 saturated carbocycles. The molecule has 0 radical (unpaired) electrons. The first-order chi connectivity index (χ1) is 10.4. The van der Waals surface area contributed by atoms with Crippen LogP contribution in [0, 0.1) is 5.41 Å². The molecule has 0 saturated heterocycles. The zero-order chi connectivity index (χ0) is 16.8. The molecule has 0 atom stereocenters. The zero-order valence-electron chi connectivity index (χ0n) is 13.0. The molecular formula is C15H20O7. The summed E-state index contributed by atoms with van der Waals surface area (Å²) in [6.45, 7) is 5.00. The second-order valence-electron chi connectivity index (χ2n) is 4.61. The normalized spacial score (nSPS) is 16.5. The predicted octanol–water partition coefficient (Wildman–Crippen LogP) is 0.951. The Morgan fingerprint density at radius 2 is 1.50 bits per heavy atom. The summed E-state index contributed by atoms with van der Waals surface area (Å²) in [5.74, 6) is -2.99. The molecule has 0 unspecified atom stereocenters. The van der Waals surface area contributed by atoms with Crippen molar-refractivity contribution in [2.24, 2.45) is 5.41 Å². The van der Waals surface area contributed by atoms with Gasteiger partial charge in [0, 0.05) is 6.42 Å². The highest BCUT2D eigenvalue weighted by atomic mass is 16.6. The van der Waals surface area contributed by atoms with Gasteiger partial charge in [0.2, 0.25) is 0 Å². The van der Waals surface area contributed by atoms with Gasteiger partial charge in [-0.25, -0.2) is 4.79 Å². The lowest BCUT2D eigenvalue weighted by molar-refractivity contribution is -0.168. The zero-order valence-corrected chi connectivity index (χ0v) is 13.0. The van der Waals surface area contributed by atoms with E-state index in [0.29, 0.717) is 0 Å². The molecule has 1 aliphatic carbocycles. The molecule has 0 aromatic carbocycles. The molecule has 0 amide bonds. The minimum Gasteiger partial charge on any atom is -0.465 e. The van der Waals surface area contributed by atoms with Crippen LogP contribution < -0.4 is 0 Å². The summed E-state index contributed by atoms with van der Waals surface area (Å²) in [4.78, 5) is 48.2. The van der Waals surface area contributed by atoms with Gasteiger partial charge < -0.3 is 14.2 Å². The van der Waals surface area contributed by atoms with Gasteiger partial charge in [-0.15, -0.1) is 0 Å². The number of hydrogen-bond donors (Lipinski definition) is 0. The first-order valence-corrected chi connectivity index (χ1v) is 7.20. The largest absolute Gasteiger partial charge is 0.465 e. The highest BCUT2D eigenvalue weighted by Gasteiger charge is 2.51. The summed E-state index contributed by atoms with van der Waals surface area (Å²) >= 11 is 0. The lowest BCUT2D eigenvalue weighted by Gasteiger charge is -2.29. The molecule has 0 aliphatic heterocycles. The van der Waals surface area contributed by atoms with E-state index in [1.54, 1.807) is 20.8 Å². The molecule has 1 aliphatic rings. The van der Waals surface area contributed by atoms with E-state index < -0.39 is 29.1 Å². The lowest BCUT2D eigenvalue weighted by atomic mass is 9.75. The monoisotopic (exact) mass is 312 g/mol. The summed E-state index contributed by atoms with van der Waals surface area (Å²) in [5.41, 5.74) is -2.09. The standard InChI is InChI=1S/C15H20O7/c1-4-20-12(17)10-9-15(8-7-11(10)16,13(18)21-5-2)14(19)22-6-3/h9H,4-8H2,1-3H3. The molecule has 122 valence electrons. The van der Waals surface area contributed by atoms with Crippen LogP contribution in [0.3, 0.4) is 0 Å². The van der Waals surface area contributed by atoms with Crippen molar-refractivity contribution in [3.8, 4) is 0 Å². The minimum atomic E-state index is -1.78.